The van der Waals surface area contributed by atoms with Crippen molar-refractivity contribution in [3.63, 3.8) is 0 Å². The summed E-state index contributed by atoms with van der Waals surface area (Å²) in [4.78, 5) is 6.69. The second kappa shape index (κ2) is 10.1. The lowest BCUT2D eigenvalue weighted by molar-refractivity contribution is -0.0498. The first-order valence-electron chi connectivity index (χ1n) is 9.91. The standard InChI is InChI=1S/C22H28F2N4O/c1-16(18-8-6-9-19(14-18)28-11-3-4-12-28)27-22(25-2)26-15-17-7-5-10-20(13-17)29-21(23)24/h5-10,13-14,16,21H,3-4,11-12,15H2,1-2H3,(H2,25,26,27). The number of anilines is 1. The Kier molecular flexibility index (Phi) is 7.27. The van der Waals surface area contributed by atoms with Gasteiger partial charge in [0.2, 0.25) is 0 Å². The van der Waals surface area contributed by atoms with Gasteiger partial charge in [0.15, 0.2) is 5.96 Å². The minimum Gasteiger partial charge on any atom is -0.435 e. The zero-order valence-electron chi connectivity index (χ0n) is 16.9. The summed E-state index contributed by atoms with van der Waals surface area (Å²) in [7, 11) is 1.71. The number of nitrogens with one attached hydrogen (secondary N) is 2. The molecule has 1 aliphatic heterocycles. The number of aliphatic imine (C=N–C) groups is 1. The molecular formula is C22H28F2N4O. The van der Waals surface area contributed by atoms with Crippen molar-refractivity contribution in [2.24, 2.45) is 4.99 Å². The molecule has 0 aliphatic carbocycles. The highest BCUT2D eigenvalue weighted by atomic mass is 19.3. The Morgan fingerprint density at radius 3 is 2.62 bits per heavy atom. The SMILES string of the molecule is CN=C(NCc1cccc(OC(F)F)c1)NC(C)c1cccc(N2CCCC2)c1. The first-order chi connectivity index (χ1) is 14.0. The summed E-state index contributed by atoms with van der Waals surface area (Å²) < 4.78 is 29.2. The number of hydrogen-bond acceptors (Lipinski definition) is 3. The molecule has 0 radical (unpaired) electrons. The number of benzene rings is 2. The van der Waals surface area contributed by atoms with Gasteiger partial charge in [-0.25, -0.2) is 0 Å². The molecule has 29 heavy (non-hydrogen) atoms. The summed E-state index contributed by atoms with van der Waals surface area (Å²) in [5.74, 6) is 0.790. The average Bonchev–Trinajstić information content (AvgIpc) is 3.26. The van der Waals surface area contributed by atoms with E-state index in [9.17, 15) is 8.78 Å². The smallest absolute Gasteiger partial charge is 0.387 e. The van der Waals surface area contributed by atoms with Crippen molar-refractivity contribution in [1.29, 1.82) is 0 Å². The second-order valence-electron chi connectivity index (χ2n) is 7.11. The predicted molar refractivity (Wildman–Crippen MR) is 113 cm³/mol. The lowest BCUT2D eigenvalue weighted by Crippen LogP contribution is -2.38. The fourth-order valence-corrected chi connectivity index (χ4v) is 3.47. The minimum absolute atomic E-state index is 0.0669. The van der Waals surface area contributed by atoms with Crippen LogP contribution in [-0.2, 0) is 6.54 Å². The van der Waals surface area contributed by atoms with Gasteiger partial charge in [-0.3, -0.25) is 4.99 Å². The zero-order chi connectivity index (χ0) is 20.6. The van der Waals surface area contributed by atoms with Gasteiger partial charge >= 0.3 is 6.61 Å². The van der Waals surface area contributed by atoms with E-state index in [4.69, 9.17) is 0 Å². The summed E-state index contributed by atoms with van der Waals surface area (Å²) in [5.41, 5.74) is 3.27. The highest BCUT2D eigenvalue weighted by Crippen LogP contribution is 2.24. The van der Waals surface area contributed by atoms with Crippen molar-refractivity contribution >= 4 is 11.6 Å². The quantitative estimate of drug-likeness (QED) is 0.535. The van der Waals surface area contributed by atoms with Gasteiger partial charge in [0.25, 0.3) is 0 Å². The van der Waals surface area contributed by atoms with Crippen LogP contribution < -0.4 is 20.3 Å². The van der Waals surface area contributed by atoms with E-state index in [0.717, 1.165) is 18.7 Å². The Morgan fingerprint density at radius 2 is 1.90 bits per heavy atom. The van der Waals surface area contributed by atoms with Crippen molar-refractivity contribution in [2.75, 3.05) is 25.0 Å². The average molecular weight is 402 g/mol. The number of alkyl halides is 2. The maximum Gasteiger partial charge on any atom is 0.387 e. The second-order valence-corrected chi connectivity index (χ2v) is 7.11. The highest BCUT2D eigenvalue weighted by Gasteiger charge is 2.14. The molecule has 1 atom stereocenters. The fourth-order valence-electron chi connectivity index (χ4n) is 3.47. The molecule has 1 unspecified atom stereocenters. The maximum absolute atomic E-state index is 12.4. The number of nitrogens with zero attached hydrogens (tertiary/aromatic N) is 2. The summed E-state index contributed by atoms with van der Waals surface area (Å²) >= 11 is 0. The third kappa shape index (κ3) is 6.07. The van der Waals surface area contributed by atoms with Crippen LogP contribution in [0, 0.1) is 0 Å². The van der Waals surface area contributed by atoms with Gasteiger partial charge in [0.05, 0.1) is 6.04 Å². The number of rotatable bonds is 7. The van der Waals surface area contributed by atoms with E-state index < -0.39 is 6.61 Å². The molecule has 0 spiro atoms. The molecule has 2 aromatic rings. The van der Waals surface area contributed by atoms with Crippen LogP contribution in [0.25, 0.3) is 0 Å². The molecule has 0 amide bonds. The Labute approximate surface area is 170 Å². The molecule has 0 saturated carbocycles. The van der Waals surface area contributed by atoms with E-state index in [1.54, 1.807) is 19.2 Å². The normalized spacial score (nSPS) is 15.5. The molecule has 0 aromatic heterocycles. The Bertz CT molecular complexity index is 822. The van der Waals surface area contributed by atoms with E-state index in [1.807, 2.05) is 6.07 Å². The minimum atomic E-state index is -2.83. The van der Waals surface area contributed by atoms with Crippen molar-refractivity contribution in [3.05, 3.63) is 59.7 Å². The Balaban J connectivity index is 1.58. The van der Waals surface area contributed by atoms with Crippen molar-refractivity contribution in [2.45, 2.75) is 39.0 Å². The van der Waals surface area contributed by atoms with Gasteiger partial charge in [-0.2, -0.15) is 8.78 Å². The maximum atomic E-state index is 12.4. The summed E-state index contributed by atoms with van der Waals surface area (Å²) in [5, 5.41) is 6.61. The van der Waals surface area contributed by atoms with Gasteiger partial charge in [-0.15, -0.1) is 0 Å². The predicted octanol–water partition coefficient (Wildman–Crippen LogP) is 4.31. The number of guanidine groups is 1. The van der Waals surface area contributed by atoms with Gasteiger partial charge < -0.3 is 20.3 Å². The third-order valence-corrected chi connectivity index (χ3v) is 5.00. The summed E-state index contributed by atoms with van der Waals surface area (Å²) in [6.07, 6.45) is 2.50. The first kappa shape index (κ1) is 20.9. The van der Waals surface area contributed by atoms with Crippen LogP contribution in [0.2, 0.25) is 0 Å². The Morgan fingerprint density at radius 1 is 1.14 bits per heavy atom. The fraction of sp³-hybridized carbons (Fsp3) is 0.409. The van der Waals surface area contributed by atoms with E-state index >= 15 is 0 Å². The molecule has 7 heteroatoms. The number of ether oxygens (including phenoxy) is 1. The number of hydrogen-bond donors (Lipinski definition) is 2. The molecule has 0 bridgehead atoms. The topological polar surface area (TPSA) is 48.9 Å². The molecule has 1 fully saturated rings. The molecule has 2 N–H and O–H groups in total. The molecule has 2 aromatic carbocycles. The molecular weight excluding hydrogens is 374 g/mol. The van der Waals surface area contributed by atoms with Crippen molar-refractivity contribution < 1.29 is 13.5 Å². The van der Waals surface area contributed by atoms with E-state index in [1.165, 1.54) is 30.2 Å². The van der Waals surface area contributed by atoms with Crippen LogP contribution >= 0.6 is 0 Å². The van der Waals surface area contributed by atoms with Crippen LogP contribution in [0.15, 0.2) is 53.5 Å². The van der Waals surface area contributed by atoms with Crippen LogP contribution in [-0.4, -0.2) is 32.7 Å². The number of halogens is 2. The van der Waals surface area contributed by atoms with Crippen molar-refractivity contribution in [1.82, 2.24) is 10.6 Å². The molecule has 1 aliphatic rings. The highest BCUT2D eigenvalue weighted by molar-refractivity contribution is 5.80. The lowest BCUT2D eigenvalue weighted by Gasteiger charge is -2.22. The van der Waals surface area contributed by atoms with E-state index in [0.29, 0.717) is 12.5 Å². The molecule has 1 heterocycles. The molecule has 156 valence electrons. The monoisotopic (exact) mass is 402 g/mol. The van der Waals surface area contributed by atoms with E-state index in [2.05, 4.69) is 56.5 Å². The lowest BCUT2D eigenvalue weighted by atomic mass is 10.1. The van der Waals surface area contributed by atoms with E-state index in [-0.39, 0.29) is 11.8 Å². The molecule has 5 nitrogen and oxygen atoms in total. The van der Waals surface area contributed by atoms with Crippen LogP contribution in [0.5, 0.6) is 5.75 Å². The van der Waals surface area contributed by atoms with Gasteiger partial charge in [0, 0.05) is 32.4 Å². The largest absolute Gasteiger partial charge is 0.435 e. The molecule has 1 saturated heterocycles. The first-order valence-corrected chi connectivity index (χ1v) is 9.91. The van der Waals surface area contributed by atoms with Crippen LogP contribution in [0.3, 0.4) is 0 Å². The van der Waals surface area contributed by atoms with Gasteiger partial charge in [-0.1, -0.05) is 24.3 Å². The van der Waals surface area contributed by atoms with Gasteiger partial charge in [-0.05, 0) is 55.2 Å². The summed E-state index contributed by atoms with van der Waals surface area (Å²) in [6.45, 7) is 1.93. The van der Waals surface area contributed by atoms with Crippen molar-refractivity contribution in [3.8, 4) is 5.75 Å². The van der Waals surface area contributed by atoms with Crippen LogP contribution in [0.4, 0.5) is 14.5 Å². The zero-order valence-corrected chi connectivity index (χ0v) is 16.9. The van der Waals surface area contributed by atoms with Gasteiger partial charge in [0.1, 0.15) is 5.75 Å². The third-order valence-electron chi connectivity index (χ3n) is 5.00. The Hall–Kier alpha value is -2.83. The molecule has 3 rings (SSSR count). The summed E-state index contributed by atoms with van der Waals surface area (Å²) in [6, 6.07) is 15.3. The van der Waals surface area contributed by atoms with Crippen LogP contribution in [0.1, 0.15) is 36.9 Å².